The average Bonchev–Trinajstić information content (AvgIpc) is 3.35. The monoisotopic (exact) mass is 528 g/mol. The Kier molecular flexibility index (Phi) is 8.31. The topological polar surface area (TPSA) is 98.4 Å². The van der Waals surface area contributed by atoms with Gasteiger partial charge in [0.2, 0.25) is 0 Å². The highest BCUT2D eigenvalue weighted by atomic mass is 35.5. The molecular formula is C29H25ClN4O4. The van der Waals surface area contributed by atoms with Crippen LogP contribution < -0.4 is 19.5 Å². The van der Waals surface area contributed by atoms with Crippen LogP contribution in [-0.2, 0) is 11.3 Å². The van der Waals surface area contributed by atoms with Crippen molar-refractivity contribution >= 4 is 29.3 Å². The van der Waals surface area contributed by atoms with Gasteiger partial charge in [0.05, 0.1) is 39.3 Å². The molecule has 0 saturated heterocycles. The Labute approximate surface area is 225 Å². The fourth-order valence-electron chi connectivity index (χ4n) is 3.77. The number of hydrogen-bond donors (Lipinski definition) is 1. The molecule has 0 saturated carbocycles. The van der Waals surface area contributed by atoms with Gasteiger partial charge in [0.1, 0.15) is 28.9 Å². The van der Waals surface area contributed by atoms with Gasteiger partial charge in [-0.15, -0.1) is 0 Å². The maximum atomic E-state index is 13.1. The minimum absolute atomic E-state index is 0.0938. The highest BCUT2D eigenvalue weighted by molar-refractivity contribution is 6.30. The highest BCUT2D eigenvalue weighted by Gasteiger charge is 2.17. The van der Waals surface area contributed by atoms with Crippen molar-refractivity contribution in [2.24, 2.45) is 0 Å². The van der Waals surface area contributed by atoms with Crippen molar-refractivity contribution in [2.75, 3.05) is 26.6 Å². The summed E-state index contributed by atoms with van der Waals surface area (Å²) in [4.78, 5) is 13.1. The molecule has 0 atom stereocenters. The Morgan fingerprint density at radius 3 is 2.32 bits per heavy atom. The van der Waals surface area contributed by atoms with Gasteiger partial charge < -0.3 is 19.5 Å². The first-order valence-corrected chi connectivity index (χ1v) is 11.9. The number of aromatic nitrogens is 2. The van der Waals surface area contributed by atoms with E-state index in [0.717, 1.165) is 11.1 Å². The average molecular weight is 529 g/mol. The summed E-state index contributed by atoms with van der Waals surface area (Å²) in [6, 6.07) is 21.9. The van der Waals surface area contributed by atoms with E-state index in [1.54, 1.807) is 36.2 Å². The molecule has 0 aliphatic heterocycles. The molecule has 1 heterocycles. The quantitative estimate of drug-likeness (QED) is 0.217. The van der Waals surface area contributed by atoms with Crippen molar-refractivity contribution in [3.63, 3.8) is 0 Å². The lowest BCUT2D eigenvalue weighted by atomic mass is 10.1. The fraction of sp³-hybridized carbons (Fsp3) is 0.138. The zero-order chi connectivity index (χ0) is 27.1. The van der Waals surface area contributed by atoms with E-state index in [-0.39, 0.29) is 5.57 Å². The number of amides is 1. The number of benzene rings is 3. The Hall–Kier alpha value is -4.74. The summed E-state index contributed by atoms with van der Waals surface area (Å²) in [5, 5.41) is 18.0. The van der Waals surface area contributed by atoms with E-state index in [2.05, 4.69) is 5.32 Å². The molecule has 38 heavy (non-hydrogen) atoms. The molecule has 4 aromatic rings. The third-order valence-corrected chi connectivity index (χ3v) is 5.99. The van der Waals surface area contributed by atoms with Crippen LogP contribution in [0.25, 0.3) is 17.3 Å². The molecule has 0 bridgehead atoms. The first-order valence-electron chi connectivity index (χ1n) is 11.6. The maximum absolute atomic E-state index is 13.1. The van der Waals surface area contributed by atoms with E-state index in [1.807, 2.05) is 54.6 Å². The number of hydrogen-bond acceptors (Lipinski definition) is 6. The summed E-state index contributed by atoms with van der Waals surface area (Å²) in [6.45, 7) is 0.477. The van der Waals surface area contributed by atoms with Crippen LogP contribution in [0.1, 0.15) is 11.1 Å². The third kappa shape index (κ3) is 6.14. The molecule has 0 spiro atoms. The van der Waals surface area contributed by atoms with Crippen LogP contribution in [0, 0.1) is 11.3 Å². The SMILES string of the molecule is COc1ccc(-c2nn(Cc3ccc(Cl)cc3)cc2/C=C(\C#N)C(=O)Nc2ccc(OC)cc2OC)cc1. The van der Waals surface area contributed by atoms with Gasteiger partial charge in [-0.25, -0.2) is 0 Å². The molecule has 4 rings (SSSR count). The fourth-order valence-corrected chi connectivity index (χ4v) is 3.90. The lowest BCUT2D eigenvalue weighted by molar-refractivity contribution is -0.112. The molecule has 1 N–H and O–H groups in total. The molecule has 1 amide bonds. The minimum atomic E-state index is -0.581. The van der Waals surface area contributed by atoms with Gasteiger partial charge in [0.15, 0.2) is 0 Å². The van der Waals surface area contributed by atoms with Crippen molar-refractivity contribution in [2.45, 2.75) is 6.54 Å². The van der Waals surface area contributed by atoms with Crippen LogP contribution in [0.4, 0.5) is 5.69 Å². The van der Waals surface area contributed by atoms with E-state index in [1.165, 1.54) is 20.3 Å². The van der Waals surface area contributed by atoms with Gasteiger partial charge in [0, 0.05) is 28.4 Å². The third-order valence-electron chi connectivity index (χ3n) is 5.73. The summed E-state index contributed by atoms with van der Waals surface area (Å²) < 4.78 is 17.6. The molecule has 0 radical (unpaired) electrons. The molecule has 0 aliphatic carbocycles. The minimum Gasteiger partial charge on any atom is -0.497 e. The Morgan fingerprint density at radius 1 is 1.00 bits per heavy atom. The number of nitrogens with zero attached hydrogens (tertiary/aromatic N) is 3. The first kappa shape index (κ1) is 26.3. The number of rotatable bonds is 9. The Balaban J connectivity index is 1.69. The Bertz CT molecular complexity index is 1500. The summed E-state index contributed by atoms with van der Waals surface area (Å²) in [6.07, 6.45) is 3.32. The summed E-state index contributed by atoms with van der Waals surface area (Å²) >= 11 is 6.02. The van der Waals surface area contributed by atoms with Gasteiger partial charge in [-0.1, -0.05) is 23.7 Å². The second-order valence-electron chi connectivity index (χ2n) is 8.18. The summed E-state index contributed by atoms with van der Waals surface area (Å²) in [7, 11) is 4.62. The normalized spacial score (nSPS) is 11.0. The van der Waals surface area contributed by atoms with Crippen molar-refractivity contribution in [1.82, 2.24) is 9.78 Å². The molecule has 8 nitrogen and oxygen atoms in total. The lowest BCUT2D eigenvalue weighted by Gasteiger charge is -2.11. The molecule has 9 heteroatoms. The van der Waals surface area contributed by atoms with E-state index in [0.29, 0.717) is 45.8 Å². The van der Waals surface area contributed by atoms with Crippen LogP contribution in [0.5, 0.6) is 17.2 Å². The Morgan fingerprint density at radius 2 is 1.68 bits per heavy atom. The number of carbonyl (C=O) groups is 1. The molecule has 1 aromatic heterocycles. The predicted molar refractivity (Wildman–Crippen MR) is 147 cm³/mol. The summed E-state index contributed by atoms with van der Waals surface area (Å²) in [5.41, 5.74) is 3.35. The second-order valence-corrected chi connectivity index (χ2v) is 8.61. The number of methoxy groups -OCH3 is 3. The number of carbonyl (C=O) groups excluding carboxylic acids is 1. The summed E-state index contributed by atoms with van der Waals surface area (Å²) in [5.74, 6) is 1.11. The van der Waals surface area contributed by atoms with Crippen molar-refractivity contribution in [1.29, 1.82) is 5.26 Å². The van der Waals surface area contributed by atoms with E-state index in [4.69, 9.17) is 30.9 Å². The number of anilines is 1. The predicted octanol–water partition coefficient (Wildman–Crippen LogP) is 5.82. The van der Waals surface area contributed by atoms with E-state index < -0.39 is 5.91 Å². The molecule has 0 aliphatic rings. The standard InChI is InChI=1S/C29H25ClN4O4/c1-36-24-10-6-20(7-11-24)28-22(18-34(33-28)17-19-4-8-23(30)9-5-19)14-21(16-31)29(35)32-26-13-12-25(37-2)15-27(26)38-3/h4-15,18H,17H2,1-3H3,(H,32,35)/b21-14+. The van der Waals surface area contributed by atoms with Gasteiger partial charge in [0.25, 0.3) is 5.91 Å². The number of halogens is 1. The maximum Gasteiger partial charge on any atom is 0.266 e. The first-order chi connectivity index (χ1) is 18.4. The van der Waals surface area contributed by atoms with Gasteiger partial charge in [-0.3, -0.25) is 9.48 Å². The number of nitriles is 1. The van der Waals surface area contributed by atoms with Gasteiger partial charge in [-0.05, 0) is 60.2 Å². The van der Waals surface area contributed by atoms with Crippen LogP contribution in [0.3, 0.4) is 0 Å². The molecule has 0 unspecified atom stereocenters. The molecule has 192 valence electrons. The highest BCUT2D eigenvalue weighted by Crippen LogP contribution is 2.30. The molecular weight excluding hydrogens is 504 g/mol. The van der Waals surface area contributed by atoms with Crippen molar-refractivity contribution in [3.05, 3.63) is 94.6 Å². The largest absolute Gasteiger partial charge is 0.497 e. The van der Waals surface area contributed by atoms with Crippen molar-refractivity contribution < 1.29 is 19.0 Å². The van der Waals surface area contributed by atoms with Gasteiger partial charge in [-0.2, -0.15) is 10.4 Å². The van der Waals surface area contributed by atoms with Crippen LogP contribution >= 0.6 is 11.6 Å². The second kappa shape index (κ2) is 12.0. The van der Waals surface area contributed by atoms with Gasteiger partial charge >= 0.3 is 0 Å². The lowest BCUT2D eigenvalue weighted by Crippen LogP contribution is -2.14. The smallest absolute Gasteiger partial charge is 0.266 e. The van der Waals surface area contributed by atoms with E-state index >= 15 is 0 Å². The number of nitrogens with one attached hydrogen (secondary N) is 1. The van der Waals surface area contributed by atoms with E-state index in [9.17, 15) is 10.1 Å². The van der Waals surface area contributed by atoms with Crippen LogP contribution in [0.2, 0.25) is 5.02 Å². The molecule has 0 fully saturated rings. The number of ether oxygens (including phenoxy) is 3. The van der Waals surface area contributed by atoms with Crippen molar-refractivity contribution in [3.8, 4) is 34.6 Å². The van der Waals surface area contributed by atoms with Crippen LogP contribution in [-0.4, -0.2) is 37.0 Å². The molecule has 3 aromatic carbocycles. The van der Waals surface area contributed by atoms with Crippen LogP contribution in [0.15, 0.2) is 78.5 Å². The zero-order valence-electron chi connectivity index (χ0n) is 21.1. The zero-order valence-corrected chi connectivity index (χ0v) is 21.8.